The van der Waals surface area contributed by atoms with Crippen molar-refractivity contribution in [3.8, 4) is 0 Å². The van der Waals surface area contributed by atoms with Crippen molar-refractivity contribution in [3.63, 3.8) is 0 Å². The molecule has 0 radical (unpaired) electrons. The van der Waals surface area contributed by atoms with Crippen LogP contribution in [-0.4, -0.2) is 25.5 Å². The second kappa shape index (κ2) is 5.56. The first-order valence-corrected chi connectivity index (χ1v) is 6.80. The molecule has 0 aliphatic heterocycles. The van der Waals surface area contributed by atoms with Crippen LogP contribution in [0.2, 0.25) is 0 Å². The van der Waals surface area contributed by atoms with E-state index in [0.717, 1.165) is 17.8 Å². The molecular formula is C12H16BrN5O. The van der Waals surface area contributed by atoms with Gasteiger partial charge in [-0.1, -0.05) is 0 Å². The highest BCUT2D eigenvalue weighted by molar-refractivity contribution is 9.10. The van der Waals surface area contributed by atoms with Crippen molar-refractivity contribution in [3.05, 3.63) is 33.8 Å². The van der Waals surface area contributed by atoms with E-state index in [0.29, 0.717) is 16.7 Å². The fourth-order valence-electron chi connectivity index (χ4n) is 1.82. The monoisotopic (exact) mass is 325 g/mol. The summed E-state index contributed by atoms with van der Waals surface area (Å²) < 4.78 is 4.09. The molecule has 102 valence electrons. The van der Waals surface area contributed by atoms with Gasteiger partial charge in [-0.3, -0.25) is 14.2 Å². The Balaban J connectivity index is 2.06. The zero-order valence-electron chi connectivity index (χ0n) is 11.1. The van der Waals surface area contributed by atoms with Crippen LogP contribution in [0.3, 0.4) is 0 Å². The summed E-state index contributed by atoms with van der Waals surface area (Å²) in [6.45, 7) is 5.25. The topological polar surface area (TPSA) is 64.7 Å². The van der Waals surface area contributed by atoms with Crippen LogP contribution >= 0.6 is 15.9 Å². The minimum Gasteiger partial charge on any atom is -0.346 e. The molecular weight excluding hydrogens is 310 g/mol. The molecule has 2 aromatic rings. The molecule has 0 aromatic carbocycles. The number of hydrogen-bond donors (Lipinski definition) is 1. The molecule has 1 amide bonds. The van der Waals surface area contributed by atoms with E-state index in [-0.39, 0.29) is 5.91 Å². The van der Waals surface area contributed by atoms with E-state index in [2.05, 4.69) is 31.4 Å². The maximum absolute atomic E-state index is 12.1. The molecule has 2 heterocycles. The number of halogens is 1. The summed E-state index contributed by atoms with van der Waals surface area (Å²) in [6, 6.07) is 0. The number of nitrogens with one attached hydrogen (secondary N) is 1. The van der Waals surface area contributed by atoms with Crippen LogP contribution in [0.15, 0.2) is 16.9 Å². The summed E-state index contributed by atoms with van der Waals surface area (Å²) in [5.74, 6) is -0.157. The van der Waals surface area contributed by atoms with Gasteiger partial charge in [0, 0.05) is 31.9 Å². The normalized spacial score (nSPS) is 10.7. The number of nitrogens with zero attached hydrogens (tertiary/aromatic N) is 4. The highest BCUT2D eigenvalue weighted by Gasteiger charge is 2.15. The van der Waals surface area contributed by atoms with E-state index < -0.39 is 0 Å². The molecule has 7 heteroatoms. The lowest BCUT2D eigenvalue weighted by atomic mass is 10.2. The molecule has 19 heavy (non-hydrogen) atoms. The molecule has 2 rings (SSSR count). The third kappa shape index (κ3) is 2.86. The van der Waals surface area contributed by atoms with Crippen LogP contribution in [0.5, 0.6) is 0 Å². The Bertz CT molecular complexity index is 582. The number of hydrogen-bond acceptors (Lipinski definition) is 3. The first kappa shape index (κ1) is 13.8. The highest BCUT2D eigenvalue weighted by Crippen LogP contribution is 2.15. The van der Waals surface area contributed by atoms with Crippen LogP contribution < -0.4 is 5.32 Å². The lowest BCUT2D eigenvalue weighted by Gasteiger charge is -2.05. The molecule has 0 bridgehead atoms. The number of aromatic nitrogens is 4. The van der Waals surface area contributed by atoms with Gasteiger partial charge in [0.25, 0.3) is 5.91 Å². The minimum atomic E-state index is -0.157. The van der Waals surface area contributed by atoms with Gasteiger partial charge in [0.2, 0.25) is 0 Å². The number of aryl methyl sites for hydroxylation is 3. The molecule has 6 nitrogen and oxygen atoms in total. The standard InChI is InChI=1S/C12H16BrN5O/c1-4-18-7-9(8(2)16-18)5-14-12(19)11-10(13)6-15-17(11)3/h6-7H,4-5H2,1-3H3,(H,14,19). The van der Waals surface area contributed by atoms with Crippen molar-refractivity contribution in [2.45, 2.75) is 26.9 Å². The summed E-state index contributed by atoms with van der Waals surface area (Å²) in [6.07, 6.45) is 3.56. The maximum Gasteiger partial charge on any atom is 0.270 e. The summed E-state index contributed by atoms with van der Waals surface area (Å²) >= 11 is 3.31. The smallest absolute Gasteiger partial charge is 0.270 e. The van der Waals surface area contributed by atoms with Crippen molar-refractivity contribution in [1.29, 1.82) is 0 Å². The van der Waals surface area contributed by atoms with Crippen molar-refractivity contribution in [1.82, 2.24) is 24.9 Å². The zero-order valence-corrected chi connectivity index (χ0v) is 12.7. The fourth-order valence-corrected chi connectivity index (χ4v) is 2.35. The van der Waals surface area contributed by atoms with Gasteiger partial charge in [-0.25, -0.2) is 0 Å². The summed E-state index contributed by atoms with van der Waals surface area (Å²) in [5, 5.41) is 11.2. The van der Waals surface area contributed by atoms with Crippen LogP contribution in [0.25, 0.3) is 0 Å². The van der Waals surface area contributed by atoms with Crippen molar-refractivity contribution < 1.29 is 4.79 Å². The lowest BCUT2D eigenvalue weighted by Crippen LogP contribution is -2.25. The molecule has 2 aromatic heterocycles. The van der Waals surface area contributed by atoms with Crippen molar-refractivity contribution >= 4 is 21.8 Å². The Hall–Kier alpha value is -1.63. The molecule has 1 N–H and O–H groups in total. The second-order valence-electron chi connectivity index (χ2n) is 4.24. The van der Waals surface area contributed by atoms with Gasteiger partial charge >= 0.3 is 0 Å². The minimum absolute atomic E-state index is 0.157. The van der Waals surface area contributed by atoms with Gasteiger partial charge in [0.1, 0.15) is 5.69 Å². The van der Waals surface area contributed by atoms with Crippen LogP contribution in [0.1, 0.15) is 28.7 Å². The van der Waals surface area contributed by atoms with Gasteiger partial charge in [-0.2, -0.15) is 10.2 Å². The van der Waals surface area contributed by atoms with Crippen molar-refractivity contribution in [2.75, 3.05) is 0 Å². The number of amides is 1. The zero-order chi connectivity index (χ0) is 14.0. The Labute approximate surface area is 119 Å². The SMILES string of the molecule is CCn1cc(CNC(=O)c2c(Br)cnn2C)c(C)n1. The molecule has 0 unspecified atom stereocenters. The summed E-state index contributed by atoms with van der Waals surface area (Å²) in [4.78, 5) is 12.1. The molecule has 0 saturated carbocycles. The largest absolute Gasteiger partial charge is 0.346 e. The van der Waals surface area contributed by atoms with Crippen LogP contribution in [-0.2, 0) is 20.1 Å². The predicted molar refractivity (Wildman–Crippen MR) is 74.7 cm³/mol. The fraction of sp³-hybridized carbons (Fsp3) is 0.417. The average Bonchev–Trinajstić information content (AvgIpc) is 2.90. The molecule has 0 aliphatic rings. The van der Waals surface area contributed by atoms with E-state index in [1.165, 1.54) is 0 Å². The quantitative estimate of drug-likeness (QED) is 0.929. The van der Waals surface area contributed by atoms with E-state index >= 15 is 0 Å². The number of carbonyl (C=O) groups excluding carboxylic acids is 1. The summed E-state index contributed by atoms with van der Waals surface area (Å²) in [5.41, 5.74) is 2.47. The Morgan fingerprint density at radius 1 is 1.53 bits per heavy atom. The maximum atomic E-state index is 12.1. The number of carbonyl (C=O) groups is 1. The first-order valence-electron chi connectivity index (χ1n) is 6.01. The third-order valence-electron chi connectivity index (χ3n) is 2.92. The lowest BCUT2D eigenvalue weighted by molar-refractivity contribution is 0.0940. The molecule has 0 saturated heterocycles. The third-order valence-corrected chi connectivity index (χ3v) is 3.50. The van der Waals surface area contributed by atoms with E-state index in [9.17, 15) is 4.79 Å². The average molecular weight is 326 g/mol. The Kier molecular flexibility index (Phi) is 4.04. The summed E-state index contributed by atoms with van der Waals surface area (Å²) in [7, 11) is 1.74. The van der Waals surface area contributed by atoms with E-state index in [4.69, 9.17) is 0 Å². The second-order valence-corrected chi connectivity index (χ2v) is 5.10. The molecule has 0 fully saturated rings. The van der Waals surface area contributed by atoms with Gasteiger partial charge in [0.05, 0.1) is 16.4 Å². The van der Waals surface area contributed by atoms with E-state index in [1.54, 1.807) is 17.9 Å². The Morgan fingerprint density at radius 3 is 2.79 bits per heavy atom. The van der Waals surface area contributed by atoms with Crippen LogP contribution in [0, 0.1) is 6.92 Å². The number of rotatable bonds is 4. The van der Waals surface area contributed by atoms with Gasteiger partial charge < -0.3 is 5.32 Å². The Morgan fingerprint density at radius 2 is 2.26 bits per heavy atom. The van der Waals surface area contributed by atoms with Crippen molar-refractivity contribution in [2.24, 2.45) is 7.05 Å². The van der Waals surface area contributed by atoms with Gasteiger partial charge in [0.15, 0.2) is 0 Å². The molecule has 0 atom stereocenters. The molecule has 0 aliphatic carbocycles. The van der Waals surface area contributed by atoms with Crippen LogP contribution in [0.4, 0.5) is 0 Å². The highest BCUT2D eigenvalue weighted by atomic mass is 79.9. The van der Waals surface area contributed by atoms with Gasteiger partial charge in [-0.15, -0.1) is 0 Å². The van der Waals surface area contributed by atoms with Gasteiger partial charge in [-0.05, 0) is 29.8 Å². The first-order chi connectivity index (χ1) is 9.02. The van der Waals surface area contributed by atoms with E-state index in [1.807, 2.05) is 24.7 Å². The predicted octanol–water partition coefficient (Wildman–Crippen LogP) is 1.64. The molecule has 0 spiro atoms.